The summed E-state index contributed by atoms with van der Waals surface area (Å²) in [6, 6.07) is 0. The number of likely N-dealkylation sites (tertiary alicyclic amines) is 1. The van der Waals surface area contributed by atoms with Crippen LogP contribution in [-0.4, -0.2) is 23.8 Å². The number of carbonyl (C=O) groups excluding carboxylic acids is 2. The molecule has 2 bridgehead atoms. The molecule has 6 atom stereocenters. The number of fused-ring (bicyclic) bond motifs is 1. The van der Waals surface area contributed by atoms with E-state index in [0.29, 0.717) is 11.8 Å². The Labute approximate surface area is 88.8 Å². The highest BCUT2D eigenvalue weighted by molar-refractivity contribution is 6.05. The van der Waals surface area contributed by atoms with E-state index in [1.165, 1.54) is 24.2 Å². The molecule has 3 heteroatoms. The van der Waals surface area contributed by atoms with Crippen LogP contribution in [0.15, 0.2) is 0 Å². The summed E-state index contributed by atoms with van der Waals surface area (Å²) in [5.41, 5.74) is 0. The first kappa shape index (κ1) is 8.31. The van der Waals surface area contributed by atoms with Gasteiger partial charge in [-0.15, -0.1) is 0 Å². The van der Waals surface area contributed by atoms with E-state index in [4.69, 9.17) is 0 Å². The van der Waals surface area contributed by atoms with Crippen LogP contribution < -0.4 is 0 Å². The van der Waals surface area contributed by atoms with Gasteiger partial charge in [-0.3, -0.25) is 14.5 Å². The molecule has 0 spiro atoms. The van der Waals surface area contributed by atoms with Crippen molar-refractivity contribution in [3.63, 3.8) is 0 Å². The number of amides is 2. The molecule has 3 nitrogen and oxygen atoms in total. The van der Waals surface area contributed by atoms with Gasteiger partial charge in [-0.25, -0.2) is 0 Å². The monoisotopic (exact) mass is 205 g/mol. The maximum Gasteiger partial charge on any atom is 0.233 e. The number of carbonyl (C=O) groups is 2. The predicted molar refractivity (Wildman–Crippen MR) is 52.6 cm³/mol. The lowest BCUT2D eigenvalue weighted by atomic mass is 9.59. The number of imide groups is 1. The Morgan fingerprint density at radius 2 is 1.40 bits per heavy atom. The maximum absolute atomic E-state index is 12.0. The molecule has 0 aromatic carbocycles. The van der Waals surface area contributed by atoms with Crippen LogP contribution in [-0.2, 0) is 9.59 Å². The molecule has 0 aromatic rings. The van der Waals surface area contributed by atoms with Crippen LogP contribution in [0.1, 0.15) is 19.3 Å². The van der Waals surface area contributed by atoms with Gasteiger partial charge in [0.15, 0.2) is 0 Å². The fraction of sp³-hybridized carbons (Fsp3) is 0.833. The molecule has 0 radical (unpaired) electrons. The van der Waals surface area contributed by atoms with Gasteiger partial charge in [-0.1, -0.05) is 0 Å². The molecule has 5 fully saturated rings. The number of nitrogens with zero attached hydrogens (tertiary/aromatic N) is 1. The zero-order valence-electron chi connectivity index (χ0n) is 8.85. The molecule has 80 valence electrons. The highest BCUT2D eigenvalue weighted by atomic mass is 16.2. The Morgan fingerprint density at radius 1 is 0.933 bits per heavy atom. The minimum atomic E-state index is 0.0741. The van der Waals surface area contributed by atoms with Crippen LogP contribution in [0, 0.1) is 35.5 Å². The molecule has 15 heavy (non-hydrogen) atoms. The molecular formula is C12H15NO2. The van der Waals surface area contributed by atoms with Gasteiger partial charge in [-0.05, 0) is 42.9 Å². The van der Waals surface area contributed by atoms with E-state index < -0.39 is 0 Å². The smallest absolute Gasteiger partial charge is 0.233 e. The standard InChI is InChI=1S/C12H15NO2/c1-13-11(14)9-5-2-3-6(8-4-7(5)8)10(9)12(13)15/h5-10H,2-4H2,1H3/t5?,6?,7-,8+,9+,10-. The fourth-order valence-electron chi connectivity index (χ4n) is 4.69. The minimum Gasteiger partial charge on any atom is -0.285 e. The summed E-state index contributed by atoms with van der Waals surface area (Å²) in [4.78, 5) is 25.4. The van der Waals surface area contributed by atoms with Crippen molar-refractivity contribution < 1.29 is 9.59 Å². The molecule has 2 unspecified atom stereocenters. The summed E-state index contributed by atoms with van der Waals surface area (Å²) in [6.45, 7) is 0. The van der Waals surface area contributed by atoms with E-state index in [0.717, 1.165) is 11.8 Å². The molecule has 1 heterocycles. The van der Waals surface area contributed by atoms with Crippen molar-refractivity contribution in [1.82, 2.24) is 4.90 Å². The lowest BCUT2D eigenvalue weighted by Gasteiger charge is -2.42. The SMILES string of the molecule is CN1C(=O)[C@@H]2C3CCC([C@H]4C[C@@H]34)[C@@H]2C1=O. The summed E-state index contributed by atoms with van der Waals surface area (Å²) < 4.78 is 0. The lowest BCUT2D eigenvalue weighted by molar-refractivity contribution is -0.138. The molecule has 4 aliphatic carbocycles. The fourth-order valence-corrected chi connectivity index (χ4v) is 4.69. The van der Waals surface area contributed by atoms with E-state index >= 15 is 0 Å². The lowest BCUT2D eigenvalue weighted by Crippen LogP contribution is -2.43. The van der Waals surface area contributed by atoms with Crippen LogP contribution in [0.4, 0.5) is 0 Å². The number of rotatable bonds is 0. The molecule has 0 N–H and O–H groups in total. The van der Waals surface area contributed by atoms with Crippen molar-refractivity contribution in [3.05, 3.63) is 0 Å². The molecule has 5 rings (SSSR count). The van der Waals surface area contributed by atoms with Crippen molar-refractivity contribution in [2.75, 3.05) is 7.05 Å². The van der Waals surface area contributed by atoms with Crippen LogP contribution in [0.5, 0.6) is 0 Å². The van der Waals surface area contributed by atoms with Crippen LogP contribution in [0.2, 0.25) is 0 Å². The van der Waals surface area contributed by atoms with Crippen LogP contribution in [0.25, 0.3) is 0 Å². The van der Waals surface area contributed by atoms with Crippen LogP contribution >= 0.6 is 0 Å². The van der Waals surface area contributed by atoms with Crippen molar-refractivity contribution in [1.29, 1.82) is 0 Å². The van der Waals surface area contributed by atoms with Gasteiger partial charge in [-0.2, -0.15) is 0 Å². The Bertz CT molecular complexity index is 344. The maximum atomic E-state index is 12.0. The van der Waals surface area contributed by atoms with Crippen LogP contribution in [0.3, 0.4) is 0 Å². The average molecular weight is 205 g/mol. The van der Waals surface area contributed by atoms with E-state index in [9.17, 15) is 9.59 Å². The zero-order valence-corrected chi connectivity index (χ0v) is 8.85. The molecular weight excluding hydrogens is 190 g/mol. The second-order valence-electron chi connectivity index (χ2n) is 5.76. The topological polar surface area (TPSA) is 37.4 Å². The van der Waals surface area contributed by atoms with Crippen molar-refractivity contribution in [3.8, 4) is 0 Å². The third-order valence-corrected chi connectivity index (χ3v) is 5.37. The normalized spacial score (nSPS) is 55.7. The summed E-state index contributed by atoms with van der Waals surface area (Å²) in [5.74, 6) is 3.07. The first-order valence-corrected chi connectivity index (χ1v) is 6.01. The zero-order chi connectivity index (χ0) is 10.3. The molecule has 1 aliphatic heterocycles. The minimum absolute atomic E-state index is 0.0741. The van der Waals surface area contributed by atoms with Gasteiger partial charge >= 0.3 is 0 Å². The van der Waals surface area contributed by atoms with E-state index in [1.54, 1.807) is 7.05 Å². The average Bonchev–Trinajstić information content (AvgIpc) is 3.02. The Morgan fingerprint density at radius 3 is 1.87 bits per heavy atom. The van der Waals surface area contributed by atoms with E-state index in [1.807, 2.05) is 0 Å². The largest absolute Gasteiger partial charge is 0.285 e. The molecule has 5 aliphatic rings. The number of hydrogen-bond donors (Lipinski definition) is 0. The Kier molecular flexibility index (Phi) is 1.26. The van der Waals surface area contributed by atoms with Crippen molar-refractivity contribution in [2.24, 2.45) is 35.5 Å². The van der Waals surface area contributed by atoms with E-state index in [2.05, 4.69) is 0 Å². The molecule has 2 amide bonds. The predicted octanol–water partition coefficient (Wildman–Crippen LogP) is 0.893. The van der Waals surface area contributed by atoms with Gasteiger partial charge in [0, 0.05) is 7.05 Å². The highest BCUT2D eigenvalue weighted by Crippen LogP contribution is 2.67. The third kappa shape index (κ3) is 0.766. The first-order chi connectivity index (χ1) is 7.20. The molecule has 1 saturated heterocycles. The van der Waals surface area contributed by atoms with Gasteiger partial charge < -0.3 is 0 Å². The first-order valence-electron chi connectivity index (χ1n) is 6.01. The quantitative estimate of drug-likeness (QED) is 0.551. The Hall–Kier alpha value is -0.860. The highest BCUT2D eigenvalue weighted by Gasteiger charge is 2.67. The second kappa shape index (κ2) is 2.28. The summed E-state index contributed by atoms with van der Waals surface area (Å²) in [7, 11) is 1.66. The second-order valence-corrected chi connectivity index (χ2v) is 5.76. The van der Waals surface area contributed by atoms with Gasteiger partial charge in [0.1, 0.15) is 0 Å². The van der Waals surface area contributed by atoms with Crippen molar-refractivity contribution in [2.45, 2.75) is 19.3 Å². The van der Waals surface area contributed by atoms with Gasteiger partial charge in [0.2, 0.25) is 11.8 Å². The van der Waals surface area contributed by atoms with E-state index in [-0.39, 0.29) is 23.7 Å². The molecule has 0 aromatic heterocycles. The summed E-state index contributed by atoms with van der Waals surface area (Å²) in [5, 5.41) is 0. The molecule has 4 saturated carbocycles. The Balaban J connectivity index is 1.82. The summed E-state index contributed by atoms with van der Waals surface area (Å²) >= 11 is 0. The summed E-state index contributed by atoms with van der Waals surface area (Å²) in [6.07, 6.45) is 3.69. The third-order valence-electron chi connectivity index (χ3n) is 5.37. The van der Waals surface area contributed by atoms with Crippen molar-refractivity contribution >= 4 is 11.8 Å². The van der Waals surface area contributed by atoms with Gasteiger partial charge in [0.05, 0.1) is 11.8 Å². The number of hydrogen-bond acceptors (Lipinski definition) is 2. The van der Waals surface area contributed by atoms with Gasteiger partial charge in [0.25, 0.3) is 0 Å².